The van der Waals surface area contributed by atoms with Gasteiger partial charge in [0.2, 0.25) is 5.96 Å². The van der Waals surface area contributed by atoms with E-state index in [9.17, 15) is 5.11 Å². The van der Waals surface area contributed by atoms with Crippen molar-refractivity contribution in [2.75, 3.05) is 18.1 Å². The van der Waals surface area contributed by atoms with Crippen molar-refractivity contribution in [3.63, 3.8) is 0 Å². The summed E-state index contributed by atoms with van der Waals surface area (Å²) in [6.45, 7) is 1.58. The number of aliphatic imine (C=N–C) groups is 1. The molecule has 0 bridgehead atoms. The largest absolute Gasteiger partial charge is 0.508 e. The van der Waals surface area contributed by atoms with Crippen LogP contribution in [0, 0.1) is 0 Å². The smallest absolute Gasteiger partial charge is 0.210 e. The summed E-state index contributed by atoms with van der Waals surface area (Å²) in [5.41, 5.74) is 7.41. The van der Waals surface area contributed by atoms with Crippen LogP contribution in [0.2, 0.25) is 0 Å². The van der Waals surface area contributed by atoms with Crippen molar-refractivity contribution < 1.29 is 5.11 Å². The first-order valence-corrected chi connectivity index (χ1v) is 8.59. The third-order valence-corrected chi connectivity index (χ3v) is 4.21. The van der Waals surface area contributed by atoms with E-state index in [0.29, 0.717) is 0 Å². The number of aromatic hydroxyl groups is 1. The van der Waals surface area contributed by atoms with Crippen molar-refractivity contribution in [1.82, 2.24) is 10.7 Å². The van der Waals surface area contributed by atoms with Gasteiger partial charge in [-0.25, -0.2) is 0 Å². The molecule has 0 saturated heterocycles. The van der Waals surface area contributed by atoms with E-state index in [0.717, 1.165) is 36.0 Å². The van der Waals surface area contributed by atoms with Gasteiger partial charge >= 0.3 is 0 Å². The minimum Gasteiger partial charge on any atom is -0.508 e. The fourth-order valence-electron chi connectivity index (χ4n) is 2.92. The van der Waals surface area contributed by atoms with Gasteiger partial charge in [0.15, 0.2) is 0 Å². The first-order chi connectivity index (χ1) is 12.8. The maximum absolute atomic E-state index is 9.86. The first kappa shape index (κ1) is 16.0. The Morgan fingerprint density at radius 1 is 0.846 bits per heavy atom. The Kier molecular flexibility index (Phi) is 4.43. The highest BCUT2D eigenvalue weighted by molar-refractivity contribution is 5.85. The molecule has 0 aromatic heterocycles. The van der Waals surface area contributed by atoms with Crippen LogP contribution in [0.3, 0.4) is 0 Å². The lowest BCUT2D eigenvalue weighted by Crippen LogP contribution is -2.44. The molecule has 3 aromatic rings. The van der Waals surface area contributed by atoms with Crippen LogP contribution < -0.4 is 15.8 Å². The number of hydrazine groups is 1. The average molecular weight is 344 g/mol. The van der Waals surface area contributed by atoms with E-state index >= 15 is 0 Å². The minimum absolute atomic E-state index is 0.219. The molecule has 0 fully saturated rings. The second-order valence-corrected chi connectivity index (χ2v) is 6.04. The molecule has 0 aliphatic carbocycles. The molecular formula is C21H20N4O. The Morgan fingerprint density at radius 3 is 2.31 bits per heavy atom. The van der Waals surface area contributed by atoms with Crippen LogP contribution in [-0.2, 0) is 0 Å². The van der Waals surface area contributed by atoms with Gasteiger partial charge in [0.05, 0.1) is 17.9 Å². The predicted octanol–water partition coefficient (Wildman–Crippen LogP) is 3.66. The van der Waals surface area contributed by atoms with Gasteiger partial charge in [0, 0.05) is 12.6 Å². The number of nitrogens with one attached hydrogen (secondary N) is 2. The Labute approximate surface area is 152 Å². The van der Waals surface area contributed by atoms with Gasteiger partial charge in [-0.3, -0.25) is 15.4 Å². The van der Waals surface area contributed by atoms with Crippen LogP contribution in [-0.4, -0.2) is 24.2 Å². The van der Waals surface area contributed by atoms with E-state index in [2.05, 4.69) is 52.1 Å². The molecule has 3 aromatic carbocycles. The van der Waals surface area contributed by atoms with Crippen molar-refractivity contribution in [2.45, 2.75) is 0 Å². The number of phenols is 1. The summed E-state index contributed by atoms with van der Waals surface area (Å²) in [6, 6.07) is 25.7. The molecule has 1 aliphatic heterocycles. The van der Waals surface area contributed by atoms with Gasteiger partial charge in [-0.2, -0.15) is 0 Å². The number of hydrogen-bond acceptors (Lipinski definition) is 5. The molecule has 0 amide bonds. The molecule has 0 saturated carbocycles. The quantitative estimate of drug-likeness (QED) is 0.632. The summed E-state index contributed by atoms with van der Waals surface area (Å²) in [4.78, 5) is 4.40. The molecule has 4 rings (SSSR count). The fraction of sp³-hybridized carbons (Fsp3) is 0.0952. The number of hydrogen-bond donors (Lipinski definition) is 3. The van der Waals surface area contributed by atoms with Crippen LogP contribution in [0.25, 0.3) is 11.1 Å². The summed E-state index contributed by atoms with van der Waals surface area (Å²) in [5, 5.41) is 15.0. The molecule has 0 radical (unpaired) electrons. The molecule has 26 heavy (non-hydrogen) atoms. The van der Waals surface area contributed by atoms with Crippen molar-refractivity contribution in [2.24, 2.45) is 4.99 Å². The van der Waals surface area contributed by atoms with Crippen LogP contribution in [0.4, 0.5) is 11.4 Å². The Hall–Kier alpha value is -3.47. The van der Waals surface area contributed by atoms with Crippen molar-refractivity contribution in [3.8, 4) is 16.9 Å². The van der Waals surface area contributed by atoms with Gasteiger partial charge < -0.3 is 10.4 Å². The number of anilines is 2. The second-order valence-electron chi connectivity index (χ2n) is 6.04. The summed E-state index contributed by atoms with van der Waals surface area (Å²) in [5.74, 6) is 0.942. The third-order valence-electron chi connectivity index (χ3n) is 4.21. The van der Waals surface area contributed by atoms with E-state index in [1.54, 1.807) is 12.1 Å². The molecule has 5 heteroatoms. The predicted molar refractivity (Wildman–Crippen MR) is 106 cm³/mol. The van der Waals surface area contributed by atoms with Crippen LogP contribution in [0.5, 0.6) is 5.75 Å². The summed E-state index contributed by atoms with van der Waals surface area (Å²) >= 11 is 0. The molecular weight excluding hydrogens is 324 g/mol. The number of guanidine groups is 1. The second kappa shape index (κ2) is 7.19. The highest BCUT2D eigenvalue weighted by Gasteiger charge is 2.14. The average Bonchev–Trinajstić information content (AvgIpc) is 3.20. The number of benzene rings is 3. The summed E-state index contributed by atoms with van der Waals surface area (Å²) in [6.07, 6.45) is 0. The highest BCUT2D eigenvalue weighted by atomic mass is 16.3. The Bertz CT molecular complexity index is 907. The lowest BCUT2D eigenvalue weighted by atomic mass is 10.1. The van der Waals surface area contributed by atoms with Gasteiger partial charge in [-0.1, -0.05) is 48.5 Å². The molecule has 1 heterocycles. The summed E-state index contributed by atoms with van der Waals surface area (Å²) < 4.78 is 0. The van der Waals surface area contributed by atoms with E-state index in [1.165, 1.54) is 5.56 Å². The highest BCUT2D eigenvalue weighted by Crippen LogP contribution is 2.28. The van der Waals surface area contributed by atoms with Gasteiger partial charge in [-0.15, -0.1) is 0 Å². The maximum atomic E-state index is 9.86. The number of rotatable bonds is 4. The maximum Gasteiger partial charge on any atom is 0.210 e. The van der Waals surface area contributed by atoms with Crippen molar-refractivity contribution >= 4 is 17.3 Å². The molecule has 130 valence electrons. The monoisotopic (exact) mass is 344 g/mol. The molecule has 1 aliphatic rings. The van der Waals surface area contributed by atoms with Gasteiger partial charge in [0.1, 0.15) is 5.75 Å². The van der Waals surface area contributed by atoms with Crippen LogP contribution in [0.15, 0.2) is 83.9 Å². The molecule has 0 spiro atoms. The standard InChI is InChI=1S/C21H20N4O/c26-20-8-4-7-19(15-20)25(24-21-22-13-14-23-21)18-11-9-17(10-12-18)16-5-2-1-3-6-16/h1-12,15,26H,13-14H2,(H2,22,23,24). The van der Waals surface area contributed by atoms with E-state index < -0.39 is 0 Å². The van der Waals surface area contributed by atoms with Crippen LogP contribution >= 0.6 is 0 Å². The molecule has 3 N–H and O–H groups in total. The molecule has 5 nitrogen and oxygen atoms in total. The zero-order valence-electron chi connectivity index (χ0n) is 14.3. The van der Waals surface area contributed by atoms with Gasteiger partial charge in [-0.05, 0) is 35.4 Å². The SMILES string of the molecule is Oc1cccc(N(NC2=NCCN2)c2ccc(-c3ccccc3)cc2)c1. The number of nitrogens with zero attached hydrogens (tertiary/aromatic N) is 2. The topological polar surface area (TPSA) is 59.9 Å². The normalized spacial score (nSPS) is 13.0. The Balaban J connectivity index is 1.67. The van der Waals surface area contributed by atoms with Crippen LogP contribution in [0.1, 0.15) is 0 Å². The van der Waals surface area contributed by atoms with E-state index in [1.807, 2.05) is 35.3 Å². The number of phenolic OH excluding ortho intramolecular Hbond substituents is 1. The van der Waals surface area contributed by atoms with Crippen molar-refractivity contribution in [3.05, 3.63) is 78.9 Å². The lowest BCUT2D eigenvalue weighted by molar-refractivity contribution is 0.475. The molecule has 0 atom stereocenters. The van der Waals surface area contributed by atoms with E-state index in [4.69, 9.17) is 0 Å². The minimum atomic E-state index is 0.219. The summed E-state index contributed by atoms with van der Waals surface area (Å²) in [7, 11) is 0. The van der Waals surface area contributed by atoms with Gasteiger partial charge in [0.25, 0.3) is 0 Å². The Morgan fingerprint density at radius 2 is 1.62 bits per heavy atom. The zero-order valence-corrected chi connectivity index (χ0v) is 14.3. The molecule has 0 unspecified atom stereocenters. The zero-order chi connectivity index (χ0) is 17.8. The van der Waals surface area contributed by atoms with E-state index in [-0.39, 0.29) is 5.75 Å². The third kappa shape index (κ3) is 3.47. The lowest BCUT2D eigenvalue weighted by Gasteiger charge is -2.26. The van der Waals surface area contributed by atoms with Crippen molar-refractivity contribution in [1.29, 1.82) is 0 Å². The first-order valence-electron chi connectivity index (χ1n) is 8.59. The fourth-order valence-corrected chi connectivity index (χ4v) is 2.92.